The smallest absolute Gasteiger partial charge is 0.186 e. The quantitative estimate of drug-likeness (QED) is 0.362. The lowest BCUT2D eigenvalue weighted by Gasteiger charge is -2.21. The van der Waals surface area contributed by atoms with Crippen molar-refractivity contribution < 1.29 is 4.43 Å². The van der Waals surface area contributed by atoms with Crippen LogP contribution in [-0.2, 0) is 4.43 Å². The lowest BCUT2D eigenvalue weighted by atomic mass is 10.3. The summed E-state index contributed by atoms with van der Waals surface area (Å²) in [5, 5.41) is 0. The summed E-state index contributed by atoms with van der Waals surface area (Å²) in [5.74, 6) is 0. The van der Waals surface area contributed by atoms with E-state index < -0.39 is 8.32 Å². The summed E-state index contributed by atoms with van der Waals surface area (Å²) in [4.78, 5) is 4.49. The lowest BCUT2D eigenvalue weighted by molar-refractivity contribution is 0.328. The van der Waals surface area contributed by atoms with Gasteiger partial charge in [-0.05, 0) is 45.8 Å². The van der Waals surface area contributed by atoms with Gasteiger partial charge >= 0.3 is 0 Å². The van der Waals surface area contributed by atoms with E-state index in [-0.39, 0.29) is 0 Å². The molecule has 0 aromatic carbocycles. The van der Waals surface area contributed by atoms with Crippen LogP contribution in [-0.4, -0.2) is 27.2 Å². The third-order valence-corrected chi connectivity index (χ3v) is 4.99. The molecule has 0 bridgehead atoms. The molecule has 0 aromatic rings. The minimum absolute atomic E-state index is 0.858. The van der Waals surface area contributed by atoms with Gasteiger partial charge in [-0.25, -0.2) is 0 Å². The van der Waals surface area contributed by atoms with E-state index in [1.807, 2.05) is 0 Å². The van der Waals surface area contributed by atoms with E-state index in [1.165, 1.54) is 18.2 Å². The molecule has 0 aliphatic rings. The van der Waals surface area contributed by atoms with Crippen LogP contribution in [0.4, 0.5) is 0 Å². The largest absolute Gasteiger partial charge is 0.418 e. The summed E-state index contributed by atoms with van der Waals surface area (Å²) >= 11 is 0. The molecule has 0 aliphatic carbocycles. The van der Waals surface area contributed by atoms with Crippen LogP contribution in [0.2, 0.25) is 19.1 Å². The highest BCUT2D eigenvalue weighted by Gasteiger charge is 2.20. The summed E-state index contributed by atoms with van der Waals surface area (Å²) < 4.78 is 5.75. The predicted molar refractivity (Wildman–Crippen MR) is 66.8 cm³/mol. The van der Waals surface area contributed by atoms with Gasteiger partial charge in [-0.15, -0.1) is 0 Å². The third kappa shape index (κ3) is 7.27. The van der Waals surface area contributed by atoms with E-state index in [9.17, 15) is 0 Å². The molecule has 3 heteroatoms. The number of hydrogen-bond acceptors (Lipinski definition) is 2. The molecule has 0 N–H and O–H groups in total. The van der Waals surface area contributed by atoms with Crippen LogP contribution < -0.4 is 0 Å². The highest BCUT2D eigenvalue weighted by Crippen LogP contribution is 2.13. The molecule has 2 nitrogen and oxygen atoms in total. The standard InChI is InChI=1S/C11H25NOSi/c1-6-11(3)12-9-8-10-14(4,5)13-7-2/h6-10H2,1-5H3/b12-11-. The Morgan fingerprint density at radius 1 is 1.29 bits per heavy atom. The summed E-state index contributed by atoms with van der Waals surface area (Å²) in [6, 6.07) is 1.22. The molecule has 0 fully saturated rings. The zero-order chi connectivity index (χ0) is 11.0. The fourth-order valence-electron chi connectivity index (χ4n) is 1.35. The van der Waals surface area contributed by atoms with Gasteiger partial charge in [0.05, 0.1) is 0 Å². The van der Waals surface area contributed by atoms with Crippen molar-refractivity contribution in [2.45, 2.75) is 52.8 Å². The van der Waals surface area contributed by atoms with Gasteiger partial charge in [0, 0.05) is 18.9 Å². The summed E-state index contributed by atoms with van der Waals surface area (Å²) in [7, 11) is -1.35. The first-order chi connectivity index (χ1) is 6.52. The fourth-order valence-corrected chi connectivity index (χ4v) is 3.28. The average molecular weight is 215 g/mol. The molecule has 0 amide bonds. The monoisotopic (exact) mass is 215 g/mol. The molecule has 0 aliphatic heterocycles. The van der Waals surface area contributed by atoms with Gasteiger partial charge in [0.1, 0.15) is 0 Å². The third-order valence-electron chi connectivity index (χ3n) is 2.37. The first-order valence-corrected chi connectivity index (χ1v) is 8.77. The molecule has 84 valence electrons. The topological polar surface area (TPSA) is 21.6 Å². The van der Waals surface area contributed by atoms with Gasteiger partial charge in [-0.2, -0.15) is 0 Å². The molecule has 0 spiro atoms. The fraction of sp³-hybridized carbons (Fsp3) is 0.909. The SMILES string of the molecule is CCO[Si](C)(C)CCC/N=C(/C)CC. The molecule has 0 atom stereocenters. The van der Waals surface area contributed by atoms with Crippen molar-refractivity contribution in [1.82, 2.24) is 0 Å². The van der Waals surface area contributed by atoms with Crippen LogP contribution in [0, 0.1) is 0 Å². The number of aliphatic imine (C=N–C) groups is 1. The Morgan fingerprint density at radius 3 is 2.43 bits per heavy atom. The minimum atomic E-state index is -1.35. The van der Waals surface area contributed by atoms with Crippen molar-refractivity contribution >= 4 is 14.0 Å². The molecular weight excluding hydrogens is 190 g/mol. The van der Waals surface area contributed by atoms with E-state index in [0.717, 1.165) is 19.6 Å². The van der Waals surface area contributed by atoms with E-state index in [4.69, 9.17) is 4.43 Å². The Kier molecular flexibility index (Phi) is 7.10. The normalized spacial score (nSPS) is 13.4. The van der Waals surface area contributed by atoms with Gasteiger partial charge in [0.15, 0.2) is 8.32 Å². The van der Waals surface area contributed by atoms with Crippen molar-refractivity contribution in [3.8, 4) is 0 Å². The van der Waals surface area contributed by atoms with E-state index >= 15 is 0 Å². The van der Waals surface area contributed by atoms with Gasteiger partial charge in [-0.1, -0.05) is 6.92 Å². The Morgan fingerprint density at radius 2 is 1.93 bits per heavy atom. The number of hydrogen-bond donors (Lipinski definition) is 0. The second kappa shape index (κ2) is 7.18. The zero-order valence-corrected chi connectivity index (χ0v) is 11.4. The van der Waals surface area contributed by atoms with E-state index in [0.29, 0.717) is 0 Å². The van der Waals surface area contributed by atoms with Gasteiger partial charge in [0.25, 0.3) is 0 Å². The molecule has 0 saturated heterocycles. The Balaban J connectivity index is 3.63. The first kappa shape index (κ1) is 13.8. The Bertz CT molecular complexity index is 178. The van der Waals surface area contributed by atoms with Gasteiger partial charge < -0.3 is 4.43 Å². The van der Waals surface area contributed by atoms with Crippen molar-refractivity contribution in [2.75, 3.05) is 13.2 Å². The number of nitrogens with zero attached hydrogens (tertiary/aromatic N) is 1. The van der Waals surface area contributed by atoms with Gasteiger partial charge in [-0.3, -0.25) is 4.99 Å². The average Bonchev–Trinajstić information content (AvgIpc) is 2.12. The van der Waals surface area contributed by atoms with Crippen LogP contribution in [0.15, 0.2) is 4.99 Å². The van der Waals surface area contributed by atoms with Gasteiger partial charge in [0.2, 0.25) is 0 Å². The lowest BCUT2D eigenvalue weighted by Crippen LogP contribution is -2.30. The Labute approximate surface area is 89.9 Å². The molecule has 0 radical (unpaired) electrons. The zero-order valence-electron chi connectivity index (χ0n) is 10.4. The highest BCUT2D eigenvalue weighted by molar-refractivity contribution is 6.71. The molecule has 0 aromatic heterocycles. The second-order valence-electron chi connectivity index (χ2n) is 4.27. The molecule has 0 unspecified atom stereocenters. The van der Waals surface area contributed by atoms with Crippen LogP contribution in [0.3, 0.4) is 0 Å². The van der Waals surface area contributed by atoms with Crippen LogP contribution >= 0.6 is 0 Å². The van der Waals surface area contributed by atoms with Crippen LogP contribution in [0.5, 0.6) is 0 Å². The maximum Gasteiger partial charge on any atom is 0.186 e. The van der Waals surface area contributed by atoms with Crippen LogP contribution in [0.25, 0.3) is 0 Å². The maximum atomic E-state index is 5.75. The molecule has 0 rings (SSSR count). The summed E-state index contributed by atoms with van der Waals surface area (Å²) in [5.41, 5.74) is 1.26. The molecule has 0 heterocycles. The van der Waals surface area contributed by atoms with Crippen molar-refractivity contribution in [3.05, 3.63) is 0 Å². The van der Waals surface area contributed by atoms with Crippen molar-refractivity contribution in [3.63, 3.8) is 0 Å². The minimum Gasteiger partial charge on any atom is -0.418 e. The first-order valence-electron chi connectivity index (χ1n) is 5.65. The Hall–Kier alpha value is -0.153. The molecule has 0 saturated carbocycles. The number of rotatable bonds is 7. The van der Waals surface area contributed by atoms with E-state index in [2.05, 4.69) is 38.9 Å². The highest BCUT2D eigenvalue weighted by atomic mass is 28.4. The second-order valence-corrected chi connectivity index (χ2v) is 8.57. The van der Waals surface area contributed by atoms with Crippen molar-refractivity contribution in [2.24, 2.45) is 4.99 Å². The van der Waals surface area contributed by atoms with Crippen LogP contribution in [0.1, 0.15) is 33.6 Å². The summed E-state index contributed by atoms with van der Waals surface area (Å²) in [6.07, 6.45) is 2.25. The summed E-state index contributed by atoms with van der Waals surface area (Å²) in [6.45, 7) is 12.7. The maximum absolute atomic E-state index is 5.75. The molecular formula is C11H25NOSi. The van der Waals surface area contributed by atoms with E-state index in [1.54, 1.807) is 0 Å². The predicted octanol–water partition coefficient (Wildman–Crippen LogP) is 3.49. The molecule has 14 heavy (non-hydrogen) atoms. The van der Waals surface area contributed by atoms with Crippen molar-refractivity contribution in [1.29, 1.82) is 0 Å².